The molecule has 136 valence electrons. The highest BCUT2D eigenvalue weighted by Crippen LogP contribution is 2.33. The molecule has 1 N–H and O–H groups in total. The van der Waals surface area contributed by atoms with E-state index in [0.29, 0.717) is 32.8 Å². The molecule has 2 saturated heterocycles. The van der Waals surface area contributed by atoms with Crippen LogP contribution in [0.2, 0.25) is 0 Å². The largest absolute Gasteiger partial charge is 0.481 e. The fourth-order valence-electron chi connectivity index (χ4n) is 3.61. The molecular weight excluding hydrogens is 322 g/mol. The lowest BCUT2D eigenvalue weighted by Crippen LogP contribution is -2.31. The van der Waals surface area contributed by atoms with Crippen LogP contribution in [0.1, 0.15) is 30.7 Å². The minimum Gasteiger partial charge on any atom is -0.481 e. The van der Waals surface area contributed by atoms with E-state index < -0.39 is 11.9 Å². The molecule has 25 heavy (non-hydrogen) atoms. The Morgan fingerprint density at radius 3 is 2.56 bits per heavy atom. The van der Waals surface area contributed by atoms with E-state index in [2.05, 4.69) is 0 Å². The zero-order valence-electron chi connectivity index (χ0n) is 14.3. The molecule has 0 radical (unpaired) electrons. The van der Waals surface area contributed by atoms with Crippen molar-refractivity contribution >= 4 is 11.9 Å². The number of aliphatic carboxylic acids is 1. The van der Waals surface area contributed by atoms with Gasteiger partial charge in [-0.15, -0.1) is 0 Å². The predicted octanol–water partition coefficient (Wildman–Crippen LogP) is 1.90. The molecule has 0 bridgehead atoms. The van der Waals surface area contributed by atoms with Crippen LogP contribution >= 0.6 is 0 Å². The molecule has 1 aromatic rings. The first-order valence-corrected chi connectivity index (χ1v) is 8.90. The number of rotatable bonds is 6. The van der Waals surface area contributed by atoms with Crippen LogP contribution in [0.25, 0.3) is 0 Å². The Morgan fingerprint density at radius 2 is 1.88 bits per heavy atom. The number of carbonyl (C=O) groups is 2. The molecule has 0 aromatic heterocycles. The number of carboxylic acid groups (broad SMARTS) is 1. The summed E-state index contributed by atoms with van der Waals surface area (Å²) >= 11 is 0. The van der Waals surface area contributed by atoms with E-state index in [9.17, 15) is 14.7 Å². The highest BCUT2D eigenvalue weighted by atomic mass is 16.5. The minimum absolute atomic E-state index is 0.0308. The smallest absolute Gasteiger partial charge is 0.308 e. The summed E-state index contributed by atoms with van der Waals surface area (Å²) in [6.07, 6.45) is 2.21. The molecule has 6 heteroatoms. The number of carboxylic acids is 1. The van der Waals surface area contributed by atoms with Gasteiger partial charge in [-0.25, -0.2) is 0 Å². The topological polar surface area (TPSA) is 76.1 Å². The molecule has 2 aliphatic heterocycles. The van der Waals surface area contributed by atoms with Gasteiger partial charge in [-0.05, 0) is 18.4 Å². The van der Waals surface area contributed by atoms with Gasteiger partial charge in [-0.2, -0.15) is 0 Å². The first kappa shape index (κ1) is 17.9. The molecular formula is C19H25NO5. The fraction of sp³-hybridized carbons (Fsp3) is 0.579. The van der Waals surface area contributed by atoms with Gasteiger partial charge >= 0.3 is 5.97 Å². The Balaban J connectivity index is 1.53. The summed E-state index contributed by atoms with van der Waals surface area (Å²) in [4.78, 5) is 25.7. The van der Waals surface area contributed by atoms with Gasteiger partial charge in [-0.3, -0.25) is 9.59 Å². The molecule has 2 aliphatic rings. The summed E-state index contributed by atoms with van der Waals surface area (Å²) in [6, 6.07) is 9.58. The van der Waals surface area contributed by atoms with E-state index in [0.717, 1.165) is 18.4 Å². The number of benzene rings is 1. The molecule has 2 heterocycles. The van der Waals surface area contributed by atoms with Gasteiger partial charge in [0.2, 0.25) is 5.91 Å². The second kappa shape index (κ2) is 8.45. The molecule has 0 spiro atoms. The zero-order valence-corrected chi connectivity index (χ0v) is 14.3. The van der Waals surface area contributed by atoms with Gasteiger partial charge < -0.3 is 19.5 Å². The highest BCUT2D eigenvalue weighted by molar-refractivity contribution is 5.79. The summed E-state index contributed by atoms with van der Waals surface area (Å²) < 4.78 is 11.0. The van der Waals surface area contributed by atoms with E-state index in [1.807, 2.05) is 30.3 Å². The fourth-order valence-corrected chi connectivity index (χ4v) is 3.61. The maximum absolute atomic E-state index is 12.5. The third kappa shape index (κ3) is 4.58. The lowest BCUT2D eigenvalue weighted by Gasteiger charge is -2.23. The highest BCUT2D eigenvalue weighted by Gasteiger charge is 2.40. The molecule has 0 aliphatic carbocycles. The Hall–Kier alpha value is -1.92. The quantitative estimate of drug-likeness (QED) is 0.850. The van der Waals surface area contributed by atoms with Crippen molar-refractivity contribution in [3.63, 3.8) is 0 Å². The van der Waals surface area contributed by atoms with E-state index in [-0.39, 0.29) is 24.5 Å². The summed E-state index contributed by atoms with van der Waals surface area (Å²) in [5.41, 5.74) is 0.976. The van der Waals surface area contributed by atoms with Gasteiger partial charge in [-0.1, -0.05) is 30.3 Å². The summed E-state index contributed by atoms with van der Waals surface area (Å²) in [5, 5.41) is 9.52. The number of hydrogen-bond acceptors (Lipinski definition) is 4. The van der Waals surface area contributed by atoms with Gasteiger partial charge in [0, 0.05) is 32.2 Å². The van der Waals surface area contributed by atoms with E-state index in [4.69, 9.17) is 9.47 Å². The van der Waals surface area contributed by atoms with Crippen molar-refractivity contribution in [2.24, 2.45) is 5.92 Å². The van der Waals surface area contributed by atoms with Crippen molar-refractivity contribution in [2.45, 2.75) is 31.3 Å². The second-order valence-corrected chi connectivity index (χ2v) is 6.69. The van der Waals surface area contributed by atoms with Gasteiger partial charge in [0.1, 0.15) is 0 Å². The van der Waals surface area contributed by atoms with Crippen LogP contribution in [-0.4, -0.2) is 60.9 Å². The van der Waals surface area contributed by atoms with Crippen molar-refractivity contribution in [3.05, 3.63) is 35.9 Å². The van der Waals surface area contributed by atoms with Crippen LogP contribution in [0.5, 0.6) is 0 Å². The first-order valence-electron chi connectivity index (χ1n) is 8.90. The Kier molecular flexibility index (Phi) is 6.04. The maximum Gasteiger partial charge on any atom is 0.308 e. The maximum atomic E-state index is 12.5. The van der Waals surface area contributed by atoms with E-state index in [1.165, 1.54) is 0 Å². The van der Waals surface area contributed by atoms with Crippen molar-refractivity contribution < 1.29 is 24.2 Å². The molecule has 6 nitrogen and oxygen atoms in total. The summed E-state index contributed by atoms with van der Waals surface area (Å²) in [6.45, 7) is 2.53. The van der Waals surface area contributed by atoms with Gasteiger partial charge in [0.05, 0.1) is 25.0 Å². The number of nitrogens with zero attached hydrogens (tertiary/aromatic N) is 1. The van der Waals surface area contributed by atoms with E-state index >= 15 is 0 Å². The third-order valence-corrected chi connectivity index (χ3v) is 5.06. The number of amides is 1. The summed E-state index contributed by atoms with van der Waals surface area (Å²) in [7, 11) is 0. The molecule has 2 fully saturated rings. The number of ether oxygens (including phenoxy) is 2. The number of hydrogen-bond donors (Lipinski definition) is 1. The Labute approximate surface area is 147 Å². The predicted molar refractivity (Wildman–Crippen MR) is 91.3 cm³/mol. The molecule has 2 atom stereocenters. The minimum atomic E-state index is -0.845. The van der Waals surface area contributed by atoms with Gasteiger partial charge in [0.15, 0.2) is 0 Å². The zero-order chi connectivity index (χ0) is 17.6. The van der Waals surface area contributed by atoms with Crippen LogP contribution in [0.15, 0.2) is 30.3 Å². The first-order chi connectivity index (χ1) is 12.1. The average molecular weight is 347 g/mol. The molecule has 1 amide bonds. The molecule has 3 rings (SSSR count). The lowest BCUT2D eigenvalue weighted by atomic mass is 9.89. The monoisotopic (exact) mass is 347 g/mol. The molecule has 0 unspecified atom stereocenters. The number of carbonyl (C=O) groups excluding carboxylic acids is 1. The van der Waals surface area contributed by atoms with Crippen LogP contribution in [-0.2, 0) is 19.1 Å². The average Bonchev–Trinajstić information content (AvgIpc) is 3.09. The Bertz CT molecular complexity index is 585. The van der Waals surface area contributed by atoms with Crippen LogP contribution in [0, 0.1) is 5.92 Å². The van der Waals surface area contributed by atoms with Crippen molar-refractivity contribution in [1.82, 2.24) is 4.90 Å². The lowest BCUT2D eigenvalue weighted by molar-refractivity contribution is -0.141. The van der Waals surface area contributed by atoms with Crippen molar-refractivity contribution in [3.8, 4) is 0 Å². The Morgan fingerprint density at radius 1 is 1.16 bits per heavy atom. The normalized spacial score (nSPS) is 24.4. The second-order valence-electron chi connectivity index (χ2n) is 6.69. The van der Waals surface area contributed by atoms with E-state index in [1.54, 1.807) is 4.90 Å². The SMILES string of the molecule is O=C(O)[C@@H]1CN(C(=O)CCOC2CCOCC2)C[C@@H]1c1ccccc1. The summed E-state index contributed by atoms with van der Waals surface area (Å²) in [5.74, 6) is -1.58. The molecule has 1 aromatic carbocycles. The third-order valence-electron chi connectivity index (χ3n) is 5.06. The van der Waals surface area contributed by atoms with Gasteiger partial charge in [0.25, 0.3) is 0 Å². The standard InChI is InChI=1S/C19H25NO5/c21-18(8-11-25-15-6-9-24-10-7-15)20-12-16(17(13-20)19(22)23)14-4-2-1-3-5-14/h1-5,15-17H,6-13H2,(H,22,23)/t16-,17-/m1/s1. The molecule has 0 saturated carbocycles. The van der Waals surface area contributed by atoms with Crippen LogP contribution in [0.3, 0.4) is 0 Å². The number of likely N-dealkylation sites (tertiary alicyclic amines) is 1. The van der Waals surface area contributed by atoms with Crippen molar-refractivity contribution in [2.75, 3.05) is 32.9 Å². The van der Waals surface area contributed by atoms with Crippen LogP contribution in [0.4, 0.5) is 0 Å². The van der Waals surface area contributed by atoms with Crippen molar-refractivity contribution in [1.29, 1.82) is 0 Å². The van der Waals surface area contributed by atoms with Crippen LogP contribution < -0.4 is 0 Å².